The van der Waals surface area contributed by atoms with Crippen molar-refractivity contribution in [2.24, 2.45) is 0 Å². The van der Waals surface area contributed by atoms with Crippen molar-refractivity contribution in [1.29, 1.82) is 0 Å². The summed E-state index contributed by atoms with van der Waals surface area (Å²) in [5, 5.41) is 19.9. The van der Waals surface area contributed by atoms with Crippen molar-refractivity contribution < 1.29 is 18.3 Å². The summed E-state index contributed by atoms with van der Waals surface area (Å²) >= 11 is 0. The van der Waals surface area contributed by atoms with Gasteiger partial charge in [-0.2, -0.15) is 17.7 Å². The standard InChI is InChI=1S/C13H16F3N5O/c14-13(15,16)12-18-17-10-4-5-11(19-21(10)12)20-7-2-1-3-9(20)6-8-22/h4-5,9,22H,1-3,6-8H2. The van der Waals surface area contributed by atoms with Crippen LogP contribution in [0.3, 0.4) is 0 Å². The van der Waals surface area contributed by atoms with Crippen LogP contribution in [0.15, 0.2) is 12.1 Å². The van der Waals surface area contributed by atoms with Gasteiger partial charge in [0.15, 0.2) is 5.65 Å². The third-order valence-corrected chi connectivity index (χ3v) is 3.89. The van der Waals surface area contributed by atoms with Gasteiger partial charge in [0.25, 0.3) is 5.82 Å². The van der Waals surface area contributed by atoms with Crippen LogP contribution >= 0.6 is 0 Å². The summed E-state index contributed by atoms with van der Waals surface area (Å²) in [6, 6.07) is 3.23. The van der Waals surface area contributed by atoms with Crippen molar-refractivity contribution >= 4 is 11.5 Å². The van der Waals surface area contributed by atoms with Crippen molar-refractivity contribution in [1.82, 2.24) is 19.8 Å². The van der Waals surface area contributed by atoms with E-state index in [2.05, 4.69) is 15.3 Å². The van der Waals surface area contributed by atoms with Gasteiger partial charge in [0.2, 0.25) is 0 Å². The molecule has 0 aliphatic carbocycles. The van der Waals surface area contributed by atoms with Gasteiger partial charge < -0.3 is 10.0 Å². The van der Waals surface area contributed by atoms with Gasteiger partial charge in [0.05, 0.1) is 0 Å². The van der Waals surface area contributed by atoms with E-state index >= 15 is 0 Å². The lowest BCUT2D eigenvalue weighted by molar-refractivity contribution is -0.146. The molecule has 0 spiro atoms. The SMILES string of the molecule is OCCC1CCCCN1c1ccc2nnc(C(F)(F)F)n2n1. The van der Waals surface area contributed by atoms with E-state index < -0.39 is 12.0 Å². The van der Waals surface area contributed by atoms with Crippen LogP contribution in [-0.2, 0) is 6.18 Å². The minimum Gasteiger partial charge on any atom is -0.396 e. The number of hydrogen-bond donors (Lipinski definition) is 1. The van der Waals surface area contributed by atoms with Crippen molar-refractivity contribution in [2.45, 2.75) is 37.9 Å². The van der Waals surface area contributed by atoms with Crippen LogP contribution in [0.4, 0.5) is 19.0 Å². The summed E-state index contributed by atoms with van der Waals surface area (Å²) in [6.07, 6.45) is -1.13. The molecule has 2 aromatic heterocycles. The topological polar surface area (TPSA) is 66.5 Å². The van der Waals surface area contributed by atoms with E-state index in [9.17, 15) is 13.2 Å². The Labute approximate surface area is 124 Å². The molecule has 1 N–H and O–H groups in total. The predicted molar refractivity (Wildman–Crippen MR) is 72.5 cm³/mol. The molecule has 3 rings (SSSR count). The summed E-state index contributed by atoms with van der Waals surface area (Å²) in [7, 11) is 0. The molecule has 2 aromatic rings. The average molecular weight is 315 g/mol. The molecule has 1 saturated heterocycles. The van der Waals surface area contributed by atoms with Crippen LogP contribution in [0, 0.1) is 0 Å². The van der Waals surface area contributed by atoms with E-state index in [-0.39, 0.29) is 18.3 Å². The summed E-state index contributed by atoms with van der Waals surface area (Å²) < 4.78 is 39.5. The number of hydrogen-bond acceptors (Lipinski definition) is 5. The number of rotatable bonds is 3. The normalized spacial score (nSPS) is 19.8. The zero-order valence-corrected chi connectivity index (χ0v) is 11.8. The van der Waals surface area contributed by atoms with Crippen LogP contribution in [0.1, 0.15) is 31.5 Å². The molecule has 3 heterocycles. The van der Waals surface area contributed by atoms with Gasteiger partial charge in [0, 0.05) is 19.2 Å². The third kappa shape index (κ3) is 2.72. The molecule has 0 saturated carbocycles. The maximum absolute atomic E-state index is 12.9. The summed E-state index contributed by atoms with van der Waals surface area (Å²) in [6.45, 7) is 0.760. The van der Waals surface area contributed by atoms with Crippen LogP contribution in [-0.4, -0.2) is 44.1 Å². The number of fused-ring (bicyclic) bond motifs is 1. The highest BCUT2D eigenvalue weighted by atomic mass is 19.4. The predicted octanol–water partition coefficient (Wildman–Crippen LogP) is 1.88. The Hall–Kier alpha value is -1.90. The lowest BCUT2D eigenvalue weighted by atomic mass is 10.00. The first kappa shape index (κ1) is 15.0. The van der Waals surface area contributed by atoms with Gasteiger partial charge in [-0.1, -0.05) is 0 Å². The van der Waals surface area contributed by atoms with E-state index in [0.717, 1.165) is 23.8 Å². The van der Waals surface area contributed by atoms with Gasteiger partial charge >= 0.3 is 6.18 Å². The second-order valence-corrected chi connectivity index (χ2v) is 5.34. The molecule has 1 fully saturated rings. The molecule has 1 atom stereocenters. The first-order valence-electron chi connectivity index (χ1n) is 7.18. The van der Waals surface area contributed by atoms with E-state index in [0.29, 0.717) is 18.8 Å². The molecule has 1 aliphatic heterocycles. The fourth-order valence-electron chi connectivity index (χ4n) is 2.86. The Morgan fingerprint density at radius 3 is 2.77 bits per heavy atom. The molecule has 0 aromatic carbocycles. The maximum Gasteiger partial charge on any atom is 0.453 e. The Bertz CT molecular complexity index is 655. The smallest absolute Gasteiger partial charge is 0.396 e. The molecule has 0 radical (unpaired) electrons. The molecule has 0 bridgehead atoms. The fraction of sp³-hybridized carbons (Fsp3) is 0.615. The first-order chi connectivity index (χ1) is 10.5. The lowest BCUT2D eigenvalue weighted by Gasteiger charge is -2.36. The summed E-state index contributed by atoms with van der Waals surface area (Å²) in [4.78, 5) is 1.96. The zero-order valence-electron chi connectivity index (χ0n) is 11.8. The van der Waals surface area contributed by atoms with Crippen LogP contribution in [0.5, 0.6) is 0 Å². The van der Waals surface area contributed by atoms with E-state index in [1.54, 1.807) is 6.07 Å². The molecule has 22 heavy (non-hydrogen) atoms. The highest BCUT2D eigenvalue weighted by Gasteiger charge is 2.38. The molecule has 9 heteroatoms. The number of aliphatic hydroxyl groups is 1. The number of anilines is 1. The van der Waals surface area contributed by atoms with Crippen molar-refractivity contribution in [3.05, 3.63) is 18.0 Å². The van der Waals surface area contributed by atoms with Gasteiger partial charge in [-0.25, -0.2) is 0 Å². The zero-order chi connectivity index (χ0) is 15.7. The summed E-state index contributed by atoms with van der Waals surface area (Å²) in [5.41, 5.74) is 0.0618. The number of nitrogens with zero attached hydrogens (tertiary/aromatic N) is 5. The number of aromatic nitrogens is 4. The first-order valence-corrected chi connectivity index (χ1v) is 7.18. The Morgan fingerprint density at radius 1 is 1.23 bits per heavy atom. The Balaban J connectivity index is 1.99. The Kier molecular flexibility index (Phi) is 3.90. The molecule has 0 amide bonds. The highest BCUT2D eigenvalue weighted by molar-refractivity contribution is 5.47. The lowest BCUT2D eigenvalue weighted by Crippen LogP contribution is -2.41. The second-order valence-electron chi connectivity index (χ2n) is 5.34. The quantitative estimate of drug-likeness (QED) is 0.937. The van der Waals surface area contributed by atoms with E-state index in [1.165, 1.54) is 6.07 Å². The van der Waals surface area contributed by atoms with Gasteiger partial charge in [-0.15, -0.1) is 15.3 Å². The van der Waals surface area contributed by atoms with E-state index in [4.69, 9.17) is 5.11 Å². The van der Waals surface area contributed by atoms with Gasteiger partial charge in [-0.05, 0) is 37.8 Å². The number of alkyl halides is 3. The van der Waals surface area contributed by atoms with Gasteiger partial charge in [0.1, 0.15) is 5.82 Å². The molecular formula is C13H16F3N5O. The van der Waals surface area contributed by atoms with Crippen molar-refractivity contribution in [3.63, 3.8) is 0 Å². The van der Waals surface area contributed by atoms with Crippen molar-refractivity contribution in [2.75, 3.05) is 18.1 Å². The fourth-order valence-corrected chi connectivity index (χ4v) is 2.86. The van der Waals surface area contributed by atoms with Crippen LogP contribution in [0.25, 0.3) is 5.65 Å². The minimum atomic E-state index is -4.60. The van der Waals surface area contributed by atoms with Crippen LogP contribution < -0.4 is 4.90 Å². The second kappa shape index (κ2) is 5.71. The number of aliphatic hydroxyl groups excluding tert-OH is 1. The van der Waals surface area contributed by atoms with Crippen molar-refractivity contribution in [3.8, 4) is 0 Å². The molecule has 1 aliphatic rings. The van der Waals surface area contributed by atoms with E-state index in [1.807, 2.05) is 4.90 Å². The highest BCUT2D eigenvalue weighted by Crippen LogP contribution is 2.29. The van der Waals surface area contributed by atoms with Crippen LogP contribution in [0.2, 0.25) is 0 Å². The largest absolute Gasteiger partial charge is 0.453 e. The third-order valence-electron chi connectivity index (χ3n) is 3.89. The Morgan fingerprint density at radius 2 is 2.05 bits per heavy atom. The molecule has 120 valence electrons. The average Bonchev–Trinajstić information content (AvgIpc) is 2.91. The van der Waals surface area contributed by atoms with Gasteiger partial charge in [-0.3, -0.25) is 0 Å². The number of piperidine rings is 1. The maximum atomic E-state index is 12.9. The minimum absolute atomic E-state index is 0.0455. The molecular weight excluding hydrogens is 299 g/mol. The number of halogens is 3. The molecule has 1 unspecified atom stereocenters. The monoisotopic (exact) mass is 315 g/mol. The molecule has 6 nitrogen and oxygen atoms in total. The summed E-state index contributed by atoms with van der Waals surface area (Å²) in [5.74, 6) is -0.670.